The molecule has 0 bridgehead atoms. The quantitative estimate of drug-likeness (QED) is 0.378. The molecule has 4 rings (SSSR count). The summed E-state index contributed by atoms with van der Waals surface area (Å²) in [5.41, 5.74) is 8.06. The zero-order valence-corrected chi connectivity index (χ0v) is 21.3. The summed E-state index contributed by atoms with van der Waals surface area (Å²) in [6, 6.07) is 11.3. The number of methoxy groups -OCH3 is 1. The summed E-state index contributed by atoms with van der Waals surface area (Å²) in [6.07, 6.45) is 4.19. The van der Waals surface area contributed by atoms with E-state index in [4.69, 9.17) is 10.5 Å². The number of rotatable bonds is 10. The van der Waals surface area contributed by atoms with Crippen molar-refractivity contribution in [2.24, 2.45) is 11.7 Å². The average Bonchev–Trinajstić information content (AvgIpc) is 3.37. The fourth-order valence-corrected chi connectivity index (χ4v) is 4.56. The highest BCUT2D eigenvalue weighted by Gasteiger charge is 2.23. The Morgan fingerprint density at radius 2 is 1.97 bits per heavy atom. The number of aryl methyl sites for hydroxylation is 1. The first kappa shape index (κ1) is 26.2. The molecule has 0 saturated heterocycles. The van der Waals surface area contributed by atoms with Gasteiger partial charge in [0.05, 0.1) is 13.7 Å². The summed E-state index contributed by atoms with van der Waals surface area (Å²) in [5, 5.41) is 19.0. The van der Waals surface area contributed by atoms with E-state index in [1.165, 1.54) is 0 Å². The van der Waals surface area contributed by atoms with Gasteiger partial charge in [0.2, 0.25) is 11.7 Å². The molecule has 11 nitrogen and oxygen atoms in total. The van der Waals surface area contributed by atoms with Gasteiger partial charge in [0.1, 0.15) is 11.4 Å². The van der Waals surface area contributed by atoms with Gasteiger partial charge in [-0.1, -0.05) is 12.1 Å². The molecule has 11 heteroatoms. The fraction of sp³-hybridized carbons (Fsp3) is 0.462. The summed E-state index contributed by atoms with van der Waals surface area (Å²) >= 11 is 0. The van der Waals surface area contributed by atoms with Crippen LogP contribution in [0, 0.1) is 12.8 Å². The number of tetrazole rings is 1. The molecule has 0 aliphatic heterocycles. The van der Waals surface area contributed by atoms with Crippen LogP contribution < -0.4 is 21.1 Å². The maximum Gasteiger partial charge on any atom is 0.270 e. The van der Waals surface area contributed by atoms with E-state index < -0.39 is 0 Å². The maximum atomic E-state index is 12.8. The molecular weight excluding hydrogens is 472 g/mol. The largest absolute Gasteiger partial charge is 0.497 e. The van der Waals surface area contributed by atoms with Crippen LogP contribution in [0.2, 0.25) is 0 Å². The van der Waals surface area contributed by atoms with Crippen molar-refractivity contribution in [1.82, 2.24) is 35.8 Å². The van der Waals surface area contributed by atoms with Crippen LogP contribution >= 0.6 is 0 Å². The predicted molar refractivity (Wildman–Crippen MR) is 138 cm³/mol. The number of carbonyl (C=O) groups excluding carboxylic acids is 2. The summed E-state index contributed by atoms with van der Waals surface area (Å²) < 4.78 is 5.24. The lowest BCUT2D eigenvalue weighted by molar-refractivity contribution is -0.121. The summed E-state index contributed by atoms with van der Waals surface area (Å²) in [4.78, 5) is 30.6. The monoisotopic (exact) mass is 506 g/mol. The zero-order valence-electron chi connectivity index (χ0n) is 21.3. The van der Waals surface area contributed by atoms with Crippen molar-refractivity contribution in [2.45, 2.75) is 58.2 Å². The van der Waals surface area contributed by atoms with Crippen LogP contribution in [0.25, 0.3) is 11.4 Å². The number of hydrogen-bond donors (Lipinski definition) is 3. The third kappa shape index (κ3) is 7.32. The van der Waals surface area contributed by atoms with E-state index in [-0.39, 0.29) is 17.9 Å². The first-order valence-electron chi connectivity index (χ1n) is 12.6. The Hall–Kier alpha value is -3.86. The molecule has 2 heterocycles. The van der Waals surface area contributed by atoms with Gasteiger partial charge in [-0.25, -0.2) is 4.98 Å². The molecule has 2 amide bonds. The second kappa shape index (κ2) is 12.4. The molecule has 1 aliphatic carbocycles. The number of nitrogens with zero attached hydrogens (tertiary/aromatic N) is 5. The number of nitrogens with one attached hydrogen (secondary N) is 2. The molecule has 3 aromatic rings. The third-order valence-corrected chi connectivity index (χ3v) is 6.49. The van der Waals surface area contributed by atoms with Gasteiger partial charge in [-0.2, -0.15) is 4.80 Å². The van der Waals surface area contributed by atoms with Crippen molar-refractivity contribution in [3.05, 3.63) is 53.3 Å². The smallest absolute Gasteiger partial charge is 0.270 e. The number of amides is 2. The zero-order chi connectivity index (χ0) is 26.2. The minimum Gasteiger partial charge on any atom is -0.497 e. The van der Waals surface area contributed by atoms with E-state index in [2.05, 4.69) is 31.0 Å². The molecule has 1 saturated carbocycles. The Bertz CT molecular complexity index is 1220. The molecule has 1 fully saturated rings. The lowest BCUT2D eigenvalue weighted by Gasteiger charge is -2.28. The van der Waals surface area contributed by atoms with Gasteiger partial charge in [0.25, 0.3) is 5.91 Å². The van der Waals surface area contributed by atoms with E-state index in [9.17, 15) is 9.59 Å². The first-order chi connectivity index (χ1) is 17.9. The van der Waals surface area contributed by atoms with Crippen LogP contribution in [0.15, 0.2) is 36.4 Å². The molecule has 2 aromatic heterocycles. The van der Waals surface area contributed by atoms with Gasteiger partial charge in [0.15, 0.2) is 0 Å². The van der Waals surface area contributed by atoms with Gasteiger partial charge in [-0.3, -0.25) is 9.59 Å². The molecule has 196 valence electrons. The van der Waals surface area contributed by atoms with Gasteiger partial charge in [-0.05, 0) is 73.6 Å². The molecule has 1 aromatic carbocycles. The minimum absolute atomic E-state index is 0.0227. The number of pyridine rings is 1. The van der Waals surface area contributed by atoms with Gasteiger partial charge < -0.3 is 21.1 Å². The number of nitrogens with two attached hydrogens (primary N) is 1. The van der Waals surface area contributed by atoms with Crippen molar-refractivity contribution in [2.75, 3.05) is 13.7 Å². The fourth-order valence-electron chi connectivity index (χ4n) is 4.56. The topological polar surface area (TPSA) is 150 Å². The summed E-state index contributed by atoms with van der Waals surface area (Å²) in [7, 11) is 1.61. The molecule has 0 spiro atoms. The number of benzene rings is 1. The van der Waals surface area contributed by atoms with Crippen molar-refractivity contribution in [1.29, 1.82) is 0 Å². The van der Waals surface area contributed by atoms with Crippen LogP contribution in [0.5, 0.6) is 5.75 Å². The Labute approximate surface area is 216 Å². The second-order valence-corrected chi connectivity index (χ2v) is 9.41. The predicted octanol–water partition coefficient (Wildman–Crippen LogP) is 2.01. The molecule has 0 unspecified atom stereocenters. The Morgan fingerprint density at radius 1 is 1.16 bits per heavy atom. The van der Waals surface area contributed by atoms with Crippen molar-refractivity contribution in [3.8, 4) is 17.1 Å². The number of carbonyl (C=O) groups is 2. The first-order valence-corrected chi connectivity index (χ1v) is 12.6. The Morgan fingerprint density at radius 3 is 2.73 bits per heavy atom. The van der Waals surface area contributed by atoms with Crippen LogP contribution in [0.1, 0.15) is 53.8 Å². The SMILES string of the molecule is COc1cccc(CNC(=O)c2cc(-c3nnn(CC4CCC(NC(=O)CCN)CC4)n3)cc(C)n2)c1. The van der Waals surface area contributed by atoms with Crippen LogP contribution in [-0.4, -0.2) is 56.7 Å². The number of ether oxygens (including phenoxy) is 1. The van der Waals surface area contributed by atoms with E-state index >= 15 is 0 Å². The normalized spacial score (nSPS) is 17.3. The highest BCUT2D eigenvalue weighted by Crippen LogP contribution is 2.26. The molecule has 1 aliphatic rings. The molecule has 37 heavy (non-hydrogen) atoms. The Kier molecular flexibility index (Phi) is 8.78. The van der Waals surface area contributed by atoms with Crippen LogP contribution in [-0.2, 0) is 17.9 Å². The van der Waals surface area contributed by atoms with E-state index in [1.807, 2.05) is 37.3 Å². The minimum atomic E-state index is -0.282. The van der Waals surface area contributed by atoms with Gasteiger partial charge in [-0.15, -0.1) is 10.2 Å². The summed E-state index contributed by atoms with van der Waals surface area (Å²) in [5.74, 6) is 1.35. The Balaban J connectivity index is 1.34. The lowest BCUT2D eigenvalue weighted by atomic mass is 9.86. The maximum absolute atomic E-state index is 12.8. The van der Waals surface area contributed by atoms with E-state index in [1.54, 1.807) is 18.0 Å². The van der Waals surface area contributed by atoms with Crippen LogP contribution in [0.3, 0.4) is 0 Å². The molecule has 0 radical (unpaired) electrons. The van der Waals surface area contributed by atoms with Gasteiger partial charge in [0, 0.05) is 36.8 Å². The standard InChI is InChI=1S/C26H34N8O3/c1-17-12-20(14-23(29-17)26(36)28-15-19-4-3-5-22(13-19)37-2)25-31-33-34(32-25)16-18-6-8-21(9-7-18)30-24(35)10-11-27/h3-5,12-14,18,21H,6-11,15-16,27H2,1-2H3,(H,28,36)(H,30,35). The van der Waals surface area contributed by atoms with Crippen molar-refractivity contribution >= 4 is 11.8 Å². The van der Waals surface area contributed by atoms with Crippen molar-refractivity contribution < 1.29 is 14.3 Å². The summed E-state index contributed by atoms with van der Waals surface area (Å²) in [6.45, 7) is 3.22. The lowest BCUT2D eigenvalue weighted by Crippen LogP contribution is -2.38. The molecule has 0 atom stereocenters. The van der Waals surface area contributed by atoms with E-state index in [0.717, 1.165) is 37.0 Å². The van der Waals surface area contributed by atoms with E-state index in [0.29, 0.717) is 54.7 Å². The van der Waals surface area contributed by atoms with Crippen molar-refractivity contribution in [3.63, 3.8) is 0 Å². The highest BCUT2D eigenvalue weighted by molar-refractivity contribution is 5.93. The number of aromatic nitrogens is 5. The second-order valence-electron chi connectivity index (χ2n) is 9.41. The molecular formula is C26H34N8O3. The molecule has 4 N–H and O–H groups in total. The van der Waals surface area contributed by atoms with Crippen LogP contribution in [0.4, 0.5) is 0 Å². The third-order valence-electron chi connectivity index (χ3n) is 6.49. The average molecular weight is 507 g/mol. The van der Waals surface area contributed by atoms with Gasteiger partial charge >= 0.3 is 0 Å². The number of hydrogen-bond acceptors (Lipinski definition) is 8. The highest BCUT2D eigenvalue weighted by atomic mass is 16.5.